The summed E-state index contributed by atoms with van der Waals surface area (Å²) in [6.07, 6.45) is 0. The lowest BCUT2D eigenvalue weighted by Gasteiger charge is -2.16. The predicted octanol–water partition coefficient (Wildman–Crippen LogP) is 2.59. The Bertz CT molecular complexity index is 796. The molecule has 0 aliphatic heterocycles. The Hall–Kier alpha value is -2.87. The van der Waals surface area contributed by atoms with Crippen molar-refractivity contribution in [1.29, 1.82) is 5.26 Å². The van der Waals surface area contributed by atoms with Crippen LogP contribution in [0.2, 0.25) is 0 Å². The van der Waals surface area contributed by atoms with E-state index in [-0.39, 0.29) is 18.0 Å². The number of hydrogen-bond donors (Lipinski definition) is 1. The average molecular weight is 296 g/mol. The van der Waals surface area contributed by atoms with Crippen molar-refractivity contribution in [2.24, 2.45) is 0 Å². The highest BCUT2D eigenvalue weighted by Gasteiger charge is 2.15. The van der Waals surface area contributed by atoms with Crippen molar-refractivity contribution in [3.8, 4) is 6.07 Å². The number of pyridine rings is 1. The molecular weight excluding hydrogens is 280 g/mol. The number of hydrogen-bond acceptors (Lipinski definition) is 3. The molecule has 1 aromatic carbocycles. The van der Waals surface area contributed by atoms with E-state index in [0.717, 1.165) is 11.3 Å². The first-order valence-electron chi connectivity index (χ1n) is 6.90. The molecule has 5 heteroatoms. The quantitative estimate of drug-likeness (QED) is 0.940. The van der Waals surface area contributed by atoms with Gasteiger partial charge >= 0.3 is 5.97 Å². The monoisotopic (exact) mass is 296 g/mol. The predicted molar refractivity (Wildman–Crippen MR) is 82.0 cm³/mol. The number of carbonyl (C=O) groups is 1. The molecular formula is C17H16N2O3. The highest BCUT2D eigenvalue weighted by Crippen LogP contribution is 2.15. The first kappa shape index (κ1) is 15.5. The first-order chi connectivity index (χ1) is 10.4. The number of aromatic carboxylic acids is 1. The SMILES string of the molecule is CC(C)c1ccc(C(=O)O)c(=O)n1Cc1ccc(C#N)cc1. The van der Waals surface area contributed by atoms with Crippen LogP contribution in [0.1, 0.15) is 46.9 Å². The lowest BCUT2D eigenvalue weighted by atomic mass is 10.1. The van der Waals surface area contributed by atoms with Crippen molar-refractivity contribution in [3.05, 3.63) is 69.1 Å². The Labute approximate surface area is 128 Å². The van der Waals surface area contributed by atoms with Crippen LogP contribution in [-0.4, -0.2) is 15.6 Å². The van der Waals surface area contributed by atoms with Crippen molar-refractivity contribution in [2.75, 3.05) is 0 Å². The van der Waals surface area contributed by atoms with Crippen molar-refractivity contribution in [3.63, 3.8) is 0 Å². The van der Waals surface area contributed by atoms with Gasteiger partial charge in [-0.05, 0) is 35.7 Å². The van der Waals surface area contributed by atoms with Gasteiger partial charge in [-0.15, -0.1) is 0 Å². The third-order valence-electron chi connectivity index (χ3n) is 3.45. The number of nitriles is 1. The third kappa shape index (κ3) is 3.07. The second-order valence-electron chi connectivity index (χ2n) is 5.33. The summed E-state index contributed by atoms with van der Waals surface area (Å²) < 4.78 is 1.48. The maximum atomic E-state index is 12.4. The van der Waals surface area contributed by atoms with Gasteiger partial charge in [0.05, 0.1) is 18.2 Å². The van der Waals surface area contributed by atoms with Crippen LogP contribution in [0.25, 0.3) is 0 Å². The van der Waals surface area contributed by atoms with Crippen LogP contribution >= 0.6 is 0 Å². The summed E-state index contributed by atoms with van der Waals surface area (Å²) in [5, 5.41) is 17.9. The zero-order chi connectivity index (χ0) is 16.3. The molecule has 0 amide bonds. The largest absolute Gasteiger partial charge is 0.477 e. The van der Waals surface area contributed by atoms with Crippen molar-refractivity contribution < 1.29 is 9.90 Å². The van der Waals surface area contributed by atoms with Crippen LogP contribution in [0.3, 0.4) is 0 Å². The van der Waals surface area contributed by atoms with Gasteiger partial charge in [0.25, 0.3) is 5.56 Å². The van der Waals surface area contributed by atoms with E-state index in [4.69, 9.17) is 10.4 Å². The number of aromatic nitrogens is 1. The molecule has 0 bridgehead atoms. The highest BCUT2D eigenvalue weighted by atomic mass is 16.4. The third-order valence-corrected chi connectivity index (χ3v) is 3.45. The van der Waals surface area contributed by atoms with E-state index in [1.165, 1.54) is 10.6 Å². The standard InChI is InChI=1S/C17H16N2O3/c1-11(2)15-8-7-14(17(21)22)16(20)19(15)10-13-5-3-12(9-18)4-6-13/h3-8,11H,10H2,1-2H3,(H,21,22). The van der Waals surface area contributed by atoms with E-state index < -0.39 is 11.5 Å². The highest BCUT2D eigenvalue weighted by molar-refractivity contribution is 5.87. The fraction of sp³-hybridized carbons (Fsp3) is 0.235. The lowest BCUT2D eigenvalue weighted by molar-refractivity contribution is 0.0694. The Morgan fingerprint density at radius 3 is 2.36 bits per heavy atom. The molecule has 1 heterocycles. The van der Waals surface area contributed by atoms with E-state index in [0.29, 0.717) is 5.56 Å². The van der Waals surface area contributed by atoms with E-state index in [1.807, 2.05) is 19.9 Å². The van der Waals surface area contributed by atoms with Crippen LogP contribution in [0.15, 0.2) is 41.2 Å². The molecule has 0 aliphatic rings. The lowest BCUT2D eigenvalue weighted by Crippen LogP contribution is -2.29. The van der Waals surface area contributed by atoms with Gasteiger partial charge in [0, 0.05) is 5.69 Å². The first-order valence-corrected chi connectivity index (χ1v) is 6.90. The molecule has 2 rings (SSSR count). The summed E-state index contributed by atoms with van der Waals surface area (Å²) in [6, 6.07) is 12.0. The van der Waals surface area contributed by atoms with Crippen LogP contribution < -0.4 is 5.56 Å². The van der Waals surface area contributed by atoms with Crippen molar-refractivity contribution in [1.82, 2.24) is 4.57 Å². The zero-order valence-electron chi connectivity index (χ0n) is 12.4. The number of nitrogens with zero attached hydrogens (tertiary/aromatic N) is 2. The Kier molecular flexibility index (Phi) is 4.42. The molecule has 0 atom stereocenters. The Morgan fingerprint density at radius 1 is 1.23 bits per heavy atom. The van der Waals surface area contributed by atoms with E-state index in [2.05, 4.69) is 0 Å². The van der Waals surface area contributed by atoms with Gasteiger partial charge in [0.15, 0.2) is 0 Å². The van der Waals surface area contributed by atoms with E-state index in [1.54, 1.807) is 30.3 Å². The molecule has 1 N–H and O–H groups in total. The van der Waals surface area contributed by atoms with Gasteiger partial charge < -0.3 is 9.67 Å². The average Bonchev–Trinajstić information content (AvgIpc) is 2.49. The fourth-order valence-corrected chi connectivity index (χ4v) is 2.29. The molecule has 0 saturated heterocycles. The smallest absolute Gasteiger partial charge is 0.341 e. The molecule has 0 radical (unpaired) electrons. The summed E-state index contributed by atoms with van der Waals surface area (Å²) in [6.45, 7) is 4.17. The summed E-state index contributed by atoms with van der Waals surface area (Å²) in [4.78, 5) is 23.5. The Morgan fingerprint density at radius 2 is 1.86 bits per heavy atom. The molecule has 22 heavy (non-hydrogen) atoms. The molecule has 5 nitrogen and oxygen atoms in total. The van der Waals surface area contributed by atoms with Crippen LogP contribution in [0, 0.1) is 11.3 Å². The van der Waals surface area contributed by atoms with Crippen LogP contribution in [0.5, 0.6) is 0 Å². The minimum atomic E-state index is -1.23. The van der Waals surface area contributed by atoms with Gasteiger partial charge in [-0.1, -0.05) is 26.0 Å². The normalized spacial score (nSPS) is 10.5. The van der Waals surface area contributed by atoms with Gasteiger partial charge in [-0.25, -0.2) is 4.79 Å². The Balaban J connectivity index is 2.51. The van der Waals surface area contributed by atoms with Gasteiger partial charge in [-0.3, -0.25) is 4.79 Å². The molecule has 0 spiro atoms. The van der Waals surface area contributed by atoms with Gasteiger partial charge in [0.1, 0.15) is 5.56 Å². The van der Waals surface area contributed by atoms with Crippen molar-refractivity contribution in [2.45, 2.75) is 26.3 Å². The number of carboxylic acid groups (broad SMARTS) is 1. The summed E-state index contributed by atoms with van der Waals surface area (Å²) in [5.41, 5.74) is 1.41. The topological polar surface area (TPSA) is 83.1 Å². The maximum Gasteiger partial charge on any atom is 0.341 e. The van der Waals surface area contributed by atoms with Gasteiger partial charge in [0.2, 0.25) is 0 Å². The summed E-state index contributed by atoms with van der Waals surface area (Å²) in [5.74, 6) is -1.14. The van der Waals surface area contributed by atoms with E-state index >= 15 is 0 Å². The zero-order valence-corrected chi connectivity index (χ0v) is 12.4. The molecule has 0 unspecified atom stereocenters. The second-order valence-corrected chi connectivity index (χ2v) is 5.33. The minimum absolute atomic E-state index is 0.0916. The van der Waals surface area contributed by atoms with Gasteiger partial charge in [-0.2, -0.15) is 5.26 Å². The maximum absolute atomic E-state index is 12.4. The minimum Gasteiger partial charge on any atom is -0.477 e. The number of benzene rings is 1. The number of carboxylic acids is 1. The summed E-state index contributed by atoms with van der Waals surface area (Å²) >= 11 is 0. The molecule has 112 valence electrons. The molecule has 2 aromatic rings. The molecule has 0 saturated carbocycles. The summed E-state index contributed by atoms with van der Waals surface area (Å²) in [7, 11) is 0. The molecule has 1 aromatic heterocycles. The van der Waals surface area contributed by atoms with Crippen LogP contribution in [0.4, 0.5) is 0 Å². The second kappa shape index (κ2) is 6.27. The molecule has 0 aliphatic carbocycles. The van der Waals surface area contributed by atoms with Crippen molar-refractivity contribution >= 4 is 5.97 Å². The van der Waals surface area contributed by atoms with E-state index in [9.17, 15) is 9.59 Å². The van der Waals surface area contributed by atoms with Crippen LogP contribution in [-0.2, 0) is 6.54 Å². The number of rotatable bonds is 4. The molecule has 0 fully saturated rings. The fourth-order valence-electron chi connectivity index (χ4n) is 2.29.